The minimum atomic E-state index is -4.24. The average molecular weight is 385 g/mol. The maximum absolute atomic E-state index is 12.7. The third-order valence-electron chi connectivity index (χ3n) is 4.34. The van der Waals surface area contributed by atoms with Gasteiger partial charge in [-0.15, -0.1) is 0 Å². The van der Waals surface area contributed by atoms with Crippen molar-refractivity contribution in [1.29, 1.82) is 0 Å². The lowest BCUT2D eigenvalue weighted by Gasteiger charge is -2.30. The van der Waals surface area contributed by atoms with E-state index in [4.69, 9.17) is 9.47 Å². The van der Waals surface area contributed by atoms with Crippen LogP contribution in [0.25, 0.3) is 10.9 Å². The van der Waals surface area contributed by atoms with E-state index in [1.54, 1.807) is 30.3 Å². The van der Waals surface area contributed by atoms with Gasteiger partial charge in [0.25, 0.3) is 10.0 Å². The number of hydrogen-bond acceptors (Lipinski definition) is 6. The molecule has 0 radical (unpaired) electrons. The lowest BCUT2D eigenvalue weighted by molar-refractivity contribution is -0.0442. The van der Waals surface area contributed by atoms with E-state index in [2.05, 4.69) is 4.98 Å². The first-order valence-electron chi connectivity index (χ1n) is 8.38. The molecule has 1 fully saturated rings. The maximum Gasteiger partial charge on any atom is 0.254 e. The Balaban J connectivity index is 1.75. The van der Waals surface area contributed by atoms with Crippen LogP contribution in [0.15, 0.2) is 59.6 Å². The van der Waals surface area contributed by atoms with E-state index in [0.717, 1.165) is 11.1 Å². The monoisotopic (exact) mass is 385 g/mol. The first-order valence-corrected chi connectivity index (χ1v) is 9.82. The Kier molecular flexibility index (Phi) is 4.56. The van der Waals surface area contributed by atoms with Crippen LogP contribution in [0.4, 0.5) is 5.69 Å². The molecule has 0 unspecified atom stereocenters. The largest absolute Gasteiger partial charge is 0.744 e. The number of anilines is 1. The highest BCUT2D eigenvalue weighted by Gasteiger charge is 2.22. The highest BCUT2D eigenvalue weighted by Crippen LogP contribution is 2.31. The molecule has 0 spiro atoms. The molecule has 0 amide bonds. The van der Waals surface area contributed by atoms with Crippen molar-refractivity contribution in [3.05, 3.63) is 71.1 Å². The summed E-state index contributed by atoms with van der Waals surface area (Å²) < 4.78 is 36.4. The maximum atomic E-state index is 12.7. The summed E-state index contributed by atoms with van der Waals surface area (Å²) in [6, 6.07) is 12.7. The number of rotatable bonds is 4. The molecule has 0 saturated carbocycles. The average Bonchev–Trinajstić information content (AvgIpc) is 3.21. The van der Waals surface area contributed by atoms with Gasteiger partial charge in [-0.2, -0.15) is 0 Å². The van der Waals surface area contributed by atoms with E-state index < -0.39 is 16.3 Å². The van der Waals surface area contributed by atoms with E-state index >= 15 is 0 Å². The third-order valence-corrected chi connectivity index (χ3v) is 5.84. The second kappa shape index (κ2) is 6.90. The summed E-state index contributed by atoms with van der Waals surface area (Å²) in [6.45, 7) is 2.85. The quantitative estimate of drug-likeness (QED) is 0.640. The van der Waals surface area contributed by atoms with Crippen molar-refractivity contribution in [2.75, 3.05) is 17.7 Å². The van der Waals surface area contributed by atoms with Crippen molar-refractivity contribution < 1.29 is 17.9 Å². The Bertz CT molecular complexity index is 1080. The molecule has 3 aromatic rings. The number of benzene rings is 2. The van der Waals surface area contributed by atoms with Gasteiger partial charge in [0.05, 0.1) is 29.3 Å². The number of nitrogens with zero attached hydrogens (tertiary/aromatic N) is 2. The smallest absolute Gasteiger partial charge is 0.254 e. The van der Waals surface area contributed by atoms with E-state index in [0.29, 0.717) is 24.1 Å². The predicted molar refractivity (Wildman–Crippen MR) is 101 cm³/mol. The first kappa shape index (κ1) is 17.9. The van der Waals surface area contributed by atoms with Crippen LogP contribution in [-0.2, 0) is 19.5 Å². The summed E-state index contributed by atoms with van der Waals surface area (Å²) in [4.78, 5) is 4.24. The minimum Gasteiger partial charge on any atom is -0.744 e. The number of ether oxygens (including phenoxy) is 2. The molecule has 1 aromatic heterocycles. The fourth-order valence-corrected chi connectivity index (χ4v) is 4.00. The Morgan fingerprint density at radius 2 is 1.81 bits per heavy atom. The summed E-state index contributed by atoms with van der Waals surface area (Å²) in [5.41, 5.74) is 1.89. The number of aromatic nitrogens is 1. The van der Waals surface area contributed by atoms with Gasteiger partial charge in [0.1, 0.15) is 0 Å². The van der Waals surface area contributed by atoms with Crippen LogP contribution in [0.5, 0.6) is 0 Å². The fraction of sp³-hybridized carbons (Fsp3) is 0.211. The molecule has 0 bridgehead atoms. The second-order valence-corrected chi connectivity index (χ2v) is 7.99. The van der Waals surface area contributed by atoms with Crippen LogP contribution in [0.1, 0.15) is 17.4 Å². The van der Waals surface area contributed by atoms with Gasteiger partial charge in [-0.05, 0) is 31.2 Å². The molecule has 0 N–H and O–H groups in total. The molecule has 0 aliphatic carbocycles. The third kappa shape index (κ3) is 3.28. The normalized spacial score (nSPS) is 15.3. The summed E-state index contributed by atoms with van der Waals surface area (Å²) >= 11 is 0. The molecular weight excluding hydrogens is 368 g/mol. The zero-order chi connectivity index (χ0) is 19.0. The summed E-state index contributed by atoms with van der Waals surface area (Å²) in [5, 5.41) is 13.4. The second-order valence-electron chi connectivity index (χ2n) is 6.24. The zero-order valence-corrected chi connectivity index (χ0v) is 15.3. The SMILES string of the molecule is Cc1ccc(S(=O)(=O)N([O-])c2cccc3cc(C4OCCO4)cnc23)cc1. The van der Waals surface area contributed by atoms with Crippen molar-refractivity contribution in [2.24, 2.45) is 0 Å². The molecule has 2 heterocycles. The van der Waals surface area contributed by atoms with Crippen molar-refractivity contribution in [3.63, 3.8) is 0 Å². The van der Waals surface area contributed by atoms with Gasteiger partial charge in [-0.1, -0.05) is 29.8 Å². The standard InChI is InChI=1S/C19H17N2O5S/c1-13-5-7-16(8-6-13)27(23,24)21(22)17-4-2-3-14-11-15(12-20-18(14)17)19-25-9-10-26-19/h2-8,11-12,19H,9-10H2,1H3/q-1. The molecule has 8 heteroatoms. The van der Waals surface area contributed by atoms with Gasteiger partial charge in [-0.25, -0.2) is 8.42 Å². The topological polar surface area (TPSA) is 91.8 Å². The molecule has 2 aromatic carbocycles. The van der Waals surface area contributed by atoms with Gasteiger partial charge >= 0.3 is 0 Å². The molecule has 1 aliphatic rings. The van der Waals surface area contributed by atoms with Crippen LogP contribution >= 0.6 is 0 Å². The van der Waals surface area contributed by atoms with Crippen LogP contribution in [0, 0.1) is 12.1 Å². The highest BCUT2D eigenvalue weighted by atomic mass is 32.2. The van der Waals surface area contributed by atoms with Gasteiger partial charge in [0, 0.05) is 17.1 Å². The first-order chi connectivity index (χ1) is 13.0. The van der Waals surface area contributed by atoms with E-state index in [1.165, 1.54) is 24.4 Å². The van der Waals surface area contributed by atoms with Gasteiger partial charge in [0.2, 0.25) is 0 Å². The Morgan fingerprint density at radius 1 is 1.11 bits per heavy atom. The number of para-hydroxylation sites is 1. The Labute approximate surface area is 156 Å². The molecule has 7 nitrogen and oxygen atoms in total. The van der Waals surface area contributed by atoms with Crippen LogP contribution < -0.4 is 4.47 Å². The fourth-order valence-electron chi connectivity index (χ4n) is 2.92. The number of hydrogen-bond donors (Lipinski definition) is 0. The van der Waals surface area contributed by atoms with Crippen molar-refractivity contribution >= 4 is 26.6 Å². The molecule has 0 atom stereocenters. The van der Waals surface area contributed by atoms with E-state index in [1.807, 2.05) is 6.92 Å². The molecule has 4 rings (SSSR count). The number of sulfonamides is 1. The van der Waals surface area contributed by atoms with E-state index in [9.17, 15) is 13.6 Å². The van der Waals surface area contributed by atoms with E-state index in [-0.39, 0.29) is 15.1 Å². The number of fused-ring (bicyclic) bond motifs is 1. The number of pyridine rings is 1. The highest BCUT2D eigenvalue weighted by molar-refractivity contribution is 7.93. The lowest BCUT2D eigenvalue weighted by atomic mass is 10.1. The molecule has 140 valence electrons. The van der Waals surface area contributed by atoms with Gasteiger partial charge in [-0.3, -0.25) is 4.98 Å². The van der Waals surface area contributed by atoms with Gasteiger partial charge in [0.15, 0.2) is 6.29 Å². The Morgan fingerprint density at radius 3 is 2.52 bits per heavy atom. The lowest BCUT2D eigenvalue weighted by Crippen LogP contribution is -2.25. The van der Waals surface area contributed by atoms with Crippen molar-refractivity contribution in [1.82, 2.24) is 4.98 Å². The minimum absolute atomic E-state index is 0.0231. The summed E-state index contributed by atoms with van der Waals surface area (Å²) in [5.74, 6) is 0. The van der Waals surface area contributed by atoms with Crippen LogP contribution in [0.3, 0.4) is 0 Å². The van der Waals surface area contributed by atoms with Crippen molar-refractivity contribution in [2.45, 2.75) is 18.1 Å². The molecule has 1 aliphatic heterocycles. The molecular formula is C19H17N2O5S-. The van der Waals surface area contributed by atoms with Crippen LogP contribution in [-0.4, -0.2) is 26.6 Å². The Hall–Kier alpha value is -2.52. The summed E-state index contributed by atoms with van der Waals surface area (Å²) in [6.07, 6.45) is 1.04. The zero-order valence-electron chi connectivity index (χ0n) is 14.5. The van der Waals surface area contributed by atoms with Gasteiger partial charge < -0.3 is 19.1 Å². The molecule has 1 saturated heterocycles. The number of aryl methyl sites for hydroxylation is 1. The predicted octanol–water partition coefficient (Wildman–Crippen LogP) is 3.28. The van der Waals surface area contributed by atoms with Crippen LogP contribution in [0.2, 0.25) is 0 Å². The summed E-state index contributed by atoms with van der Waals surface area (Å²) in [7, 11) is -4.24. The van der Waals surface area contributed by atoms with Crippen molar-refractivity contribution in [3.8, 4) is 0 Å². The molecule has 27 heavy (non-hydrogen) atoms.